The van der Waals surface area contributed by atoms with Crippen LogP contribution in [0.4, 0.5) is 0 Å². The third kappa shape index (κ3) is 3.73. The summed E-state index contributed by atoms with van der Waals surface area (Å²) < 4.78 is 0. The lowest BCUT2D eigenvalue weighted by molar-refractivity contribution is 0.101. The van der Waals surface area contributed by atoms with Crippen molar-refractivity contribution in [1.82, 2.24) is 0 Å². The van der Waals surface area contributed by atoms with Crippen LogP contribution in [-0.4, -0.2) is 5.78 Å². The van der Waals surface area contributed by atoms with Crippen molar-refractivity contribution in [2.24, 2.45) is 0 Å². The fourth-order valence-corrected chi connectivity index (χ4v) is 3.29. The second-order valence-electron chi connectivity index (χ2n) is 6.66. The van der Waals surface area contributed by atoms with Gasteiger partial charge in [0.1, 0.15) is 0 Å². The molecule has 0 amide bonds. The monoisotopic (exact) mass is 348 g/mol. The number of hydrogen-bond donors (Lipinski definition) is 0. The summed E-state index contributed by atoms with van der Waals surface area (Å²) in [6.07, 6.45) is 0. The Hall–Kier alpha value is -3.45. The molecule has 0 aliphatic rings. The molecule has 0 radical (unpaired) electrons. The molecule has 0 aliphatic heterocycles. The standard InChI is InChI=1S/C26H20O/c1-19(27)20-12-14-23(15-13-20)26-17-24(21-8-4-2-5-9-21)16-25(18-26)22-10-6-3-7-11-22/h2-18H,1H3. The predicted molar refractivity (Wildman–Crippen MR) is 113 cm³/mol. The van der Waals surface area contributed by atoms with Gasteiger partial charge in [-0.25, -0.2) is 0 Å². The van der Waals surface area contributed by atoms with Crippen LogP contribution in [0.2, 0.25) is 0 Å². The van der Waals surface area contributed by atoms with Gasteiger partial charge < -0.3 is 0 Å². The molecule has 0 spiro atoms. The van der Waals surface area contributed by atoms with E-state index in [1.54, 1.807) is 6.92 Å². The maximum Gasteiger partial charge on any atom is 0.159 e. The van der Waals surface area contributed by atoms with Crippen molar-refractivity contribution in [3.63, 3.8) is 0 Å². The molecule has 0 saturated carbocycles. The molecule has 130 valence electrons. The molecule has 0 unspecified atom stereocenters. The first-order valence-electron chi connectivity index (χ1n) is 9.08. The Morgan fingerprint density at radius 3 is 1.22 bits per heavy atom. The molecule has 0 atom stereocenters. The van der Waals surface area contributed by atoms with E-state index in [0.717, 1.165) is 16.7 Å². The van der Waals surface area contributed by atoms with Crippen LogP contribution in [0.25, 0.3) is 33.4 Å². The van der Waals surface area contributed by atoms with Gasteiger partial charge in [0.15, 0.2) is 5.78 Å². The van der Waals surface area contributed by atoms with E-state index in [-0.39, 0.29) is 5.78 Å². The summed E-state index contributed by atoms with van der Waals surface area (Å²) in [6, 6.07) is 35.3. The van der Waals surface area contributed by atoms with Crippen molar-refractivity contribution in [2.45, 2.75) is 6.92 Å². The van der Waals surface area contributed by atoms with Gasteiger partial charge in [0.05, 0.1) is 0 Å². The maximum absolute atomic E-state index is 11.6. The molecule has 0 heterocycles. The average Bonchev–Trinajstić information content (AvgIpc) is 2.75. The number of carbonyl (C=O) groups excluding carboxylic acids is 1. The lowest BCUT2D eigenvalue weighted by Crippen LogP contribution is -1.91. The van der Waals surface area contributed by atoms with Crippen LogP contribution in [0.3, 0.4) is 0 Å². The summed E-state index contributed by atoms with van der Waals surface area (Å²) in [5.74, 6) is 0.0876. The molecule has 4 aromatic carbocycles. The molecule has 27 heavy (non-hydrogen) atoms. The average molecular weight is 348 g/mol. The van der Waals surface area contributed by atoms with Crippen LogP contribution < -0.4 is 0 Å². The predicted octanol–water partition coefficient (Wildman–Crippen LogP) is 6.89. The SMILES string of the molecule is CC(=O)c1ccc(-c2cc(-c3ccccc3)cc(-c3ccccc3)c2)cc1. The zero-order valence-corrected chi connectivity index (χ0v) is 15.2. The van der Waals surface area contributed by atoms with Crippen LogP contribution in [-0.2, 0) is 0 Å². The third-order valence-corrected chi connectivity index (χ3v) is 4.77. The first-order valence-corrected chi connectivity index (χ1v) is 9.08. The summed E-state index contributed by atoms with van der Waals surface area (Å²) in [4.78, 5) is 11.6. The molecule has 0 aromatic heterocycles. The van der Waals surface area contributed by atoms with Crippen LogP contribution in [0.1, 0.15) is 17.3 Å². The van der Waals surface area contributed by atoms with Gasteiger partial charge in [0.2, 0.25) is 0 Å². The summed E-state index contributed by atoms with van der Waals surface area (Å²) in [6.45, 7) is 1.60. The fourth-order valence-electron chi connectivity index (χ4n) is 3.29. The first kappa shape index (κ1) is 17.0. The van der Waals surface area contributed by atoms with Crippen LogP contribution >= 0.6 is 0 Å². The normalized spacial score (nSPS) is 10.6. The Morgan fingerprint density at radius 2 is 0.852 bits per heavy atom. The quantitative estimate of drug-likeness (QED) is 0.367. The molecule has 0 fully saturated rings. The number of Topliss-reactive ketones (excluding diaryl/α,β-unsaturated/α-hetero) is 1. The molecular formula is C26H20O. The first-order chi connectivity index (χ1) is 13.2. The molecule has 4 aromatic rings. The highest BCUT2D eigenvalue weighted by atomic mass is 16.1. The van der Waals surface area contributed by atoms with Crippen LogP contribution in [0, 0.1) is 0 Å². The summed E-state index contributed by atoms with van der Waals surface area (Å²) in [7, 11) is 0. The molecule has 0 N–H and O–H groups in total. The van der Waals surface area contributed by atoms with Gasteiger partial charge in [0.25, 0.3) is 0 Å². The highest BCUT2D eigenvalue weighted by molar-refractivity contribution is 5.94. The fraction of sp³-hybridized carbons (Fsp3) is 0.0385. The molecule has 4 rings (SSSR count). The minimum Gasteiger partial charge on any atom is -0.295 e. The van der Waals surface area contributed by atoms with Crippen molar-refractivity contribution in [3.05, 3.63) is 109 Å². The zero-order chi connectivity index (χ0) is 18.6. The van der Waals surface area contributed by atoms with Gasteiger partial charge in [-0.3, -0.25) is 4.79 Å². The van der Waals surface area contributed by atoms with E-state index in [2.05, 4.69) is 66.7 Å². The van der Waals surface area contributed by atoms with Gasteiger partial charge in [-0.2, -0.15) is 0 Å². The largest absolute Gasteiger partial charge is 0.295 e. The minimum absolute atomic E-state index is 0.0876. The van der Waals surface area contributed by atoms with Gasteiger partial charge in [0, 0.05) is 5.56 Å². The Kier molecular flexibility index (Phi) is 4.67. The van der Waals surface area contributed by atoms with Gasteiger partial charge in [-0.1, -0.05) is 84.9 Å². The minimum atomic E-state index is 0.0876. The molecule has 1 heteroatoms. The summed E-state index contributed by atoms with van der Waals surface area (Å²) in [5.41, 5.74) is 7.74. The summed E-state index contributed by atoms with van der Waals surface area (Å²) >= 11 is 0. The van der Waals surface area contributed by atoms with Gasteiger partial charge in [-0.05, 0) is 58.5 Å². The van der Waals surface area contributed by atoms with Crippen molar-refractivity contribution in [2.75, 3.05) is 0 Å². The number of hydrogen-bond acceptors (Lipinski definition) is 1. The number of carbonyl (C=O) groups is 1. The van der Waals surface area contributed by atoms with E-state index in [4.69, 9.17) is 0 Å². The van der Waals surface area contributed by atoms with Crippen molar-refractivity contribution >= 4 is 5.78 Å². The third-order valence-electron chi connectivity index (χ3n) is 4.77. The number of ketones is 1. The van der Waals surface area contributed by atoms with E-state index in [0.29, 0.717) is 0 Å². The zero-order valence-electron chi connectivity index (χ0n) is 15.2. The topological polar surface area (TPSA) is 17.1 Å². The lowest BCUT2D eigenvalue weighted by atomic mass is 9.93. The lowest BCUT2D eigenvalue weighted by Gasteiger charge is -2.11. The Bertz CT molecular complexity index is 1000. The molecular weight excluding hydrogens is 328 g/mol. The molecule has 1 nitrogen and oxygen atoms in total. The second-order valence-corrected chi connectivity index (χ2v) is 6.66. The van der Waals surface area contributed by atoms with E-state index >= 15 is 0 Å². The van der Waals surface area contributed by atoms with Crippen LogP contribution in [0.5, 0.6) is 0 Å². The van der Waals surface area contributed by atoms with Crippen molar-refractivity contribution in [3.8, 4) is 33.4 Å². The smallest absolute Gasteiger partial charge is 0.159 e. The van der Waals surface area contributed by atoms with E-state index in [1.807, 2.05) is 36.4 Å². The second kappa shape index (κ2) is 7.43. The van der Waals surface area contributed by atoms with Crippen LogP contribution in [0.15, 0.2) is 103 Å². The Balaban J connectivity index is 1.86. The van der Waals surface area contributed by atoms with E-state index < -0.39 is 0 Å². The summed E-state index contributed by atoms with van der Waals surface area (Å²) in [5, 5.41) is 0. The van der Waals surface area contributed by atoms with E-state index in [9.17, 15) is 4.79 Å². The highest BCUT2D eigenvalue weighted by Gasteiger charge is 2.08. The highest BCUT2D eigenvalue weighted by Crippen LogP contribution is 2.32. The Labute approximate surface area is 159 Å². The Morgan fingerprint density at radius 1 is 0.481 bits per heavy atom. The molecule has 0 aliphatic carbocycles. The molecule has 0 bridgehead atoms. The van der Waals surface area contributed by atoms with Crippen molar-refractivity contribution in [1.29, 1.82) is 0 Å². The number of benzene rings is 4. The van der Waals surface area contributed by atoms with Crippen molar-refractivity contribution < 1.29 is 4.79 Å². The molecule has 0 saturated heterocycles. The van der Waals surface area contributed by atoms with Gasteiger partial charge >= 0.3 is 0 Å². The number of rotatable bonds is 4. The maximum atomic E-state index is 11.6. The van der Waals surface area contributed by atoms with Gasteiger partial charge in [-0.15, -0.1) is 0 Å². The van der Waals surface area contributed by atoms with E-state index in [1.165, 1.54) is 22.3 Å².